The Morgan fingerprint density at radius 3 is 2.81 bits per heavy atom. The Kier molecular flexibility index (Phi) is 4.48. The Labute approximate surface area is 154 Å². The normalized spacial score (nSPS) is 23.0. The fourth-order valence-corrected chi connectivity index (χ4v) is 4.38. The van der Waals surface area contributed by atoms with Gasteiger partial charge in [0.2, 0.25) is 5.91 Å². The third-order valence-electron chi connectivity index (χ3n) is 5.77. The fraction of sp³-hybridized carbons (Fsp3) is 0.364. The van der Waals surface area contributed by atoms with Gasteiger partial charge in [-0.05, 0) is 54.6 Å². The van der Waals surface area contributed by atoms with E-state index >= 15 is 0 Å². The Morgan fingerprint density at radius 2 is 1.96 bits per heavy atom. The number of hydrogen-bond donors (Lipinski definition) is 1. The Balaban J connectivity index is 1.69. The summed E-state index contributed by atoms with van der Waals surface area (Å²) in [5.41, 5.74) is 3.76. The average Bonchev–Trinajstić information content (AvgIpc) is 2.81. The second-order valence-corrected chi connectivity index (χ2v) is 7.35. The van der Waals surface area contributed by atoms with Gasteiger partial charge in [0.1, 0.15) is 5.54 Å². The first-order valence-corrected chi connectivity index (χ1v) is 9.30. The van der Waals surface area contributed by atoms with E-state index in [1.54, 1.807) is 0 Å². The minimum absolute atomic E-state index is 0.143. The third kappa shape index (κ3) is 3.00. The van der Waals surface area contributed by atoms with Crippen molar-refractivity contribution in [2.75, 3.05) is 6.54 Å². The smallest absolute Gasteiger partial charge is 0.241 e. The Bertz CT molecular complexity index is 870. The summed E-state index contributed by atoms with van der Waals surface area (Å²) in [7, 11) is 0. The molecule has 0 bridgehead atoms. The van der Waals surface area contributed by atoms with E-state index in [4.69, 9.17) is 0 Å². The van der Waals surface area contributed by atoms with E-state index in [1.165, 1.54) is 11.1 Å². The number of carbonyl (C=O) groups excluding carboxylic acids is 1. The van der Waals surface area contributed by atoms with Crippen LogP contribution in [-0.4, -0.2) is 22.9 Å². The first kappa shape index (κ1) is 16.8. The van der Waals surface area contributed by atoms with Crippen molar-refractivity contribution in [2.24, 2.45) is 0 Å². The molecule has 1 spiro atoms. The molecule has 4 rings (SSSR count). The number of hydrogen-bond acceptors (Lipinski definition) is 3. The van der Waals surface area contributed by atoms with Gasteiger partial charge in [-0.15, -0.1) is 0 Å². The molecule has 2 aliphatic rings. The standard InChI is InChI=1S/C22H23N3O/c23-14-17-6-5-7-18(12-17)16-25-11-4-3-10-22(25)13-19-8-1-2-9-20(19)15-24-21(22)26/h1-2,5-9,12H,3-4,10-11,13,15-16H2,(H,24,26). The molecule has 132 valence electrons. The molecule has 4 nitrogen and oxygen atoms in total. The maximum Gasteiger partial charge on any atom is 0.241 e. The maximum absolute atomic E-state index is 13.2. The lowest BCUT2D eigenvalue weighted by Gasteiger charge is -2.45. The van der Waals surface area contributed by atoms with Gasteiger partial charge in [0.15, 0.2) is 0 Å². The monoisotopic (exact) mass is 345 g/mol. The molecule has 4 heteroatoms. The van der Waals surface area contributed by atoms with Gasteiger partial charge in [0, 0.05) is 19.5 Å². The van der Waals surface area contributed by atoms with Crippen molar-refractivity contribution < 1.29 is 4.79 Å². The zero-order chi connectivity index (χ0) is 18.0. The van der Waals surface area contributed by atoms with Crippen molar-refractivity contribution in [1.82, 2.24) is 10.2 Å². The Hall–Kier alpha value is -2.64. The number of nitriles is 1. The summed E-state index contributed by atoms with van der Waals surface area (Å²) in [6, 6.07) is 18.3. The van der Waals surface area contributed by atoms with Gasteiger partial charge in [-0.1, -0.05) is 36.4 Å². The van der Waals surface area contributed by atoms with Crippen molar-refractivity contribution in [1.29, 1.82) is 5.26 Å². The highest BCUT2D eigenvalue weighted by Gasteiger charge is 2.46. The fourth-order valence-electron chi connectivity index (χ4n) is 4.38. The van der Waals surface area contributed by atoms with Gasteiger partial charge < -0.3 is 5.32 Å². The summed E-state index contributed by atoms with van der Waals surface area (Å²) in [4.78, 5) is 15.5. The lowest BCUT2D eigenvalue weighted by Crippen LogP contribution is -2.60. The minimum atomic E-state index is -0.493. The molecule has 1 atom stereocenters. The van der Waals surface area contributed by atoms with Crippen molar-refractivity contribution in [3.8, 4) is 6.07 Å². The quantitative estimate of drug-likeness (QED) is 0.910. The molecule has 1 saturated heterocycles. The lowest BCUT2D eigenvalue weighted by atomic mass is 9.80. The molecule has 0 aromatic heterocycles. The third-order valence-corrected chi connectivity index (χ3v) is 5.77. The summed E-state index contributed by atoms with van der Waals surface area (Å²) >= 11 is 0. The highest BCUT2D eigenvalue weighted by molar-refractivity contribution is 5.87. The van der Waals surface area contributed by atoms with Crippen molar-refractivity contribution in [2.45, 2.75) is 44.3 Å². The molecule has 0 saturated carbocycles. The van der Waals surface area contributed by atoms with Crippen LogP contribution < -0.4 is 5.32 Å². The van der Waals surface area contributed by atoms with Crippen LogP contribution in [0.4, 0.5) is 0 Å². The molecule has 1 fully saturated rings. The molecular weight excluding hydrogens is 322 g/mol. The number of piperidine rings is 1. The number of nitrogens with one attached hydrogen (secondary N) is 1. The van der Waals surface area contributed by atoms with Gasteiger partial charge >= 0.3 is 0 Å². The van der Waals surface area contributed by atoms with Crippen LogP contribution >= 0.6 is 0 Å². The summed E-state index contributed by atoms with van der Waals surface area (Å²) in [6.45, 7) is 2.21. The van der Waals surface area contributed by atoms with E-state index in [2.05, 4.69) is 34.5 Å². The van der Waals surface area contributed by atoms with E-state index in [0.29, 0.717) is 18.7 Å². The zero-order valence-corrected chi connectivity index (χ0v) is 14.9. The van der Waals surface area contributed by atoms with Crippen molar-refractivity contribution >= 4 is 5.91 Å². The van der Waals surface area contributed by atoms with Gasteiger partial charge in [-0.3, -0.25) is 9.69 Å². The number of fused-ring (bicyclic) bond motifs is 1. The minimum Gasteiger partial charge on any atom is -0.350 e. The van der Waals surface area contributed by atoms with Crippen LogP contribution in [0.5, 0.6) is 0 Å². The molecule has 0 radical (unpaired) electrons. The van der Waals surface area contributed by atoms with Gasteiger partial charge in [0.25, 0.3) is 0 Å². The molecule has 1 unspecified atom stereocenters. The van der Waals surface area contributed by atoms with Gasteiger partial charge in [-0.25, -0.2) is 0 Å². The number of amides is 1. The second kappa shape index (κ2) is 6.93. The first-order chi connectivity index (χ1) is 12.7. The molecule has 0 aliphatic carbocycles. The van der Waals surface area contributed by atoms with Crippen LogP contribution in [0.2, 0.25) is 0 Å². The van der Waals surface area contributed by atoms with E-state index < -0.39 is 5.54 Å². The summed E-state index contributed by atoms with van der Waals surface area (Å²) in [5.74, 6) is 0.143. The number of nitrogens with zero attached hydrogens (tertiary/aromatic N) is 2. The van der Waals surface area contributed by atoms with Crippen molar-refractivity contribution in [3.63, 3.8) is 0 Å². The molecule has 2 heterocycles. The van der Waals surface area contributed by atoms with E-state index in [9.17, 15) is 10.1 Å². The molecule has 1 N–H and O–H groups in total. The van der Waals surface area contributed by atoms with Crippen LogP contribution in [0, 0.1) is 11.3 Å². The molecule has 2 aliphatic heterocycles. The summed E-state index contributed by atoms with van der Waals surface area (Å²) < 4.78 is 0. The second-order valence-electron chi connectivity index (χ2n) is 7.35. The maximum atomic E-state index is 13.2. The lowest BCUT2D eigenvalue weighted by molar-refractivity contribution is -0.136. The largest absolute Gasteiger partial charge is 0.350 e. The zero-order valence-electron chi connectivity index (χ0n) is 14.9. The molecular formula is C22H23N3O. The molecule has 26 heavy (non-hydrogen) atoms. The number of likely N-dealkylation sites (tertiary alicyclic amines) is 1. The van der Waals surface area contributed by atoms with E-state index in [0.717, 1.165) is 37.8 Å². The van der Waals surface area contributed by atoms with E-state index in [-0.39, 0.29) is 5.91 Å². The van der Waals surface area contributed by atoms with Crippen LogP contribution in [0.3, 0.4) is 0 Å². The van der Waals surface area contributed by atoms with Crippen LogP contribution in [0.1, 0.15) is 41.5 Å². The predicted molar refractivity (Wildman–Crippen MR) is 100 cm³/mol. The molecule has 1 amide bonds. The average molecular weight is 345 g/mol. The van der Waals surface area contributed by atoms with E-state index in [1.807, 2.05) is 30.3 Å². The summed E-state index contributed by atoms with van der Waals surface area (Å²) in [5, 5.41) is 12.3. The highest BCUT2D eigenvalue weighted by Crippen LogP contribution is 2.35. The molecule has 2 aromatic rings. The van der Waals surface area contributed by atoms with Crippen molar-refractivity contribution in [3.05, 3.63) is 70.8 Å². The number of benzene rings is 2. The molecule has 2 aromatic carbocycles. The number of rotatable bonds is 2. The predicted octanol–water partition coefficient (Wildman–Crippen LogP) is 3.16. The Morgan fingerprint density at radius 1 is 1.12 bits per heavy atom. The van der Waals surface area contributed by atoms with Crippen LogP contribution in [0.25, 0.3) is 0 Å². The van der Waals surface area contributed by atoms with Crippen LogP contribution in [-0.2, 0) is 24.3 Å². The first-order valence-electron chi connectivity index (χ1n) is 9.30. The van der Waals surface area contributed by atoms with Gasteiger partial charge in [-0.2, -0.15) is 5.26 Å². The SMILES string of the molecule is N#Cc1cccc(CN2CCCCC23Cc2ccccc2CNC3=O)c1. The topological polar surface area (TPSA) is 56.1 Å². The van der Waals surface area contributed by atoms with Crippen LogP contribution in [0.15, 0.2) is 48.5 Å². The summed E-state index contributed by atoms with van der Waals surface area (Å²) in [6.07, 6.45) is 3.82. The highest BCUT2D eigenvalue weighted by atomic mass is 16.2. The number of carbonyl (C=O) groups is 1. The van der Waals surface area contributed by atoms with Gasteiger partial charge in [0.05, 0.1) is 11.6 Å².